The average Bonchev–Trinajstić information content (AvgIpc) is 2.64. The predicted octanol–water partition coefficient (Wildman–Crippen LogP) is 2.25. The van der Waals surface area contributed by atoms with Crippen molar-refractivity contribution >= 4 is 0 Å². The molecule has 1 saturated heterocycles. The van der Waals surface area contributed by atoms with E-state index in [9.17, 15) is 5.11 Å². The molecule has 1 aliphatic heterocycles. The van der Waals surface area contributed by atoms with Crippen LogP contribution in [-0.4, -0.2) is 30.2 Å². The van der Waals surface area contributed by atoms with Gasteiger partial charge in [-0.25, -0.2) is 0 Å². The Morgan fingerprint density at radius 2 is 2.00 bits per heavy atom. The van der Waals surface area contributed by atoms with Crippen LogP contribution in [0.5, 0.6) is 0 Å². The predicted molar refractivity (Wildman–Crippen MR) is 67.4 cm³/mol. The summed E-state index contributed by atoms with van der Waals surface area (Å²) in [5.74, 6) is 5.57. The minimum absolute atomic E-state index is 0.451. The molecule has 1 heterocycles. The average molecular weight is 238 g/mol. The third kappa shape index (κ3) is 5.88. The topological polar surface area (TPSA) is 38.7 Å². The van der Waals surface area contributed by atoms with E-state index in [1.807, 2.05) is 26.8 Å². The summed E-state index contributed by atoms with van der Waals surface area (Å²) in [5, 5.41) is 9.55. The Balaban J connectivity index is 2.20. The SMILES string of the molecule is CC(C)=CC(O)CC#CCCC1(C)OCCO1. The maximum Gasteiger partial charge on any atom is 0.166 e. The van der Waals surface area contributed by atoms with Crippen molar-refractivity contribution < 1.29 is 14.6 Å². The normalized spacial score (nSPS) is 19.3. The largest absolute Gasteiger partial charge is 0.388 e. The quantitative estimate of drug-likeness (QED) is 0.603. The zero-order valence-corrected chi connectivity index (χ0v) is 11.0. The van der Waals surface area contributed by atoms with Gasteiger partial charge in [0.1, 0.15) is 0 Å². The minimum Gasteiger partial charge on any atom is -0.388 e. The summed E-state index contributed by atoms with van der Waals surface area (Å²) < 4.78 is 10.9. The highest BCUT2D eigenvalue weighted by atomic mass is 16.7. The highest BCUT2D eigenvalue weighted by Crippen LogP contribution is 2.23. The number of aliphatic hydroxyl groups is 1. The molecule has 17 heavy (non-hydrogen) atoms. The maximum atomic E-state index is 9.55. The van der Waals surface area contributed by atoms with E-state index in [-0.39, 0.29) is 0 Å². The van der Waals surface area contributed by atoms with Crippen LogP contribution in [0.25, 0.3) is 0 Å². The molecule has 1 N–H and O–H groups in total. The van der Waals surface area contributed by atoms with E-state index >= 15 is 0 Å². The third-order valence-corrected chi connectivity index (χ3v) is 2.56. The molecular weight excluding hydrogens is 216 g/mol. The lowest BCUT2D eigenvalue weighted by atomic mass is 10.1. The van der Waals surface area contributed by atoms with E-state index in [1.165, 1.54) is 0 Å². The van der Waals surface area contributed by atoms with Gasteiger partial charge in [-0.3, -0.25) is 0 Å². The van der Waals surface area contributed by atoms with Crippen LogP contribution in [0.1, 0.15) is 40.0 Å². The summed E-state index contributed by atoms with van der Waals surface area (Å²) in [6, 6.07) is 0. The van der Waals surface area contributed by atoms with Gasteiger partial charge in [0.25, 0.3) is 0 Å². The molecule has 0 amide bonds. The second kappa shape index (κ2) is 6.80. The van der Waals surface area contributed by atoms with Crippen LogP contribution in [0.15, 0.2) is 11.6 Å². The van der Waals surface area contributed by atoms with Gasteiger partial charge in [-0.15, -0.1) is 11.8 Å². The number of hydrogen-bond donors (Lipinski definition) is 1. The van der Waals surface area contributed by atoms with Crippen molar-refractivity contribution in [1.29, 1.82) is 0 Å². The molecule has 0 aromatic rings. The smallest absolute Gasteiger partial charge is 0.166 e. The van der Waals surface area contributed by atoms with E-state index in [0.29, 0.717) is 19.6 Å². The molecule has 3 nitrogen and oxygen atoms in total. The molecule has 96 valence electrons. The Kier molecular flexibility index (Phi) is 5.70. The Morgan fingerprint density at radius 1 is 1.35 bits per heavy atom. The van der Waals surface area contributed by atoms with Crippen molar-refractivity contribution in [3.8, 4) is 11.8 Å². The van der Waals surface area contributed by atoms with Gasteiger partial charge in [0, 0.05) is 19.3 Å². The van der Waals surface area contributed by atoms with E-state index < -0.39 is 11.9 Å². The molecule has 0 aromatic heterocycles. The summed E-state index contributed by atoms with van der Waals surface area (Å²) in [6.45, 7) is 7.21. The van der Waals surface area contributed by atoms with Gasteiger partial charge >= 0.3 is 0 Å². The standard InChI is InChI=1S/C14H22O3/c1-12(2)11-13(15)7-5-4-6-8-14(3)16-9-10-17-14/h11,13,15H,6-10H2,1-3H3. The lowest BCUT2D eigenvalue weighted by Crippen LogP contribution is -2.24. The fourth-order valence-corrected chi connectivity index (χ4v) is 1.70. The van der Waals surface area contributed by atoms with E-state index in [0.717, 1.165) is 18.4 Å². The van der Waals surface area contributed by atoms with Crippen LogP contribution in [0.4, 0.5) is 0 Å². The molecule has 1 rings (SSSR count). The highest BCUT2D eigenvalue weighted by molar-refractivity contribution is 5.06. The monoisotopic (exact) mass is 238 g/mol. The summed E-state index contributed by atoms with van der Waals surface area (Å²) in [7, 11) is 0. The molecule has 3 heteroatoms. The summed E-state index contributed by atoms with van der Waals surface area (Å²) in [6.07, 6.45) is 3.36. The lowest BCUT2D eigenvalue weighted by Gasteiger charge is -2.20. The third-order valence-electron chi connectivity index (χ3n) is 2.56. The molecule has 0 aliphatic carbocycles. The Hall–Kier alpha value is -0.820. The van der Waals surface area contributed by atoms with Crippen LogP contribution in [0.3, 0.4) is 0 Å². The minimum atomic E-state index is -0.456. The van der Waals surface area contributed by atoms with Gasteiger partial charge < -0.3 is 14.6 Å². The van der Waals surface area contributed by atoms with Crippen molar-refractivity contribution in [2.45, 2.75) is 51.9 Å². The molecule has 1 atom stereocenters. The molecule has 1 aliphatic rings. The lowest BCUT2D eigenvalue weighted by molar-refractivity contribution is -0.145. The van der Waals surface area contributed by atoms with Crippen LogP contribution in [0, 0.1) is 11.8 Å². The summed E-state index contributed by atoms with van der Waals surface area (Å²) in [5.41, 5.74) is 1.11. The van der Waals surface area contributed by atoms with Crippen LogP contribution < -0.4 is 0 Å². The van der Waals surface area contributed by atoms with Gasteiger partial charge in [0.15, 0.2) is 5.79 Å². The number of hydrogen-bond acceptors (Lipinski definition) is 3. The molecule has 0 bridgehead atoms. The van der Waals surface area contributed by atoms with Gasteiger partial charge in [-0.1, -0.05) is 11.6 Å². The zero-order valence-electron chi connectivity index (χ0n) is 11.0. The fourth-order valence-electron chi connectivity index (χ4n) is 1.70. The molecule has 0 spiro atoms. The summed E-state index contributed by atoms with van der Waals surface area (Å²) in [4.78, 5) is 0. The first-order valence-corrected chi connectivity index (χ1v) is 6.08. The highest BCUT2D eigenvalue weighted by Gasteiger charge is 2.29. The van der Waals surface area contributed by atoms with Crippen molar-refractivity contribution in [3.63, 3.8) is 0 Å². The van der Waals surface area contributed by atoms with Gasteiger partial charge in [-0.05, 0) is 20.8 Å². The van der Waals surface area contributed by atoms with Crippen molar-refractivity contribution in [2.75, 3.05) is 13.2 Å². The van der Waals surface area contributed by atoms with Crippen LogP contribution in [0.2, 0.25) is 0 Å². The Labute approximate surface area is 104 Å². The van der Waals surface area contributed by atoms with E-state index in [2.05, 4.69) is 11.8 Å². The molecule has 1 fully saturated rings. The van der Waals surface area contributed by atoms with Gasteiger partial charge in [0.05, 0.1) is 19.3 Å². The molecular formula is C14H22O3. The van der Waals surface area contributed by atoms with Crippen molar-refractivity contribution in [2.24, 2.45) is 0 Å². The van der Waals surface area contributed by atoms with Gasteiger partial charge in [-0.2, -0.15) is 0 Å². The van der Waals surface area contributed by atoms with Crippen LogP contribution in [-0.2, 0) is 9.47 Å². The van der Waals surface area contributed by atoms with Crippen molar-refractivity contribution in [3.05, 3.63) is 11.6 Å². The van der Waals surface area contributed by atoms with E-state index in [4.69, 9.17) is 9.47 Å². The number of ether oxygens (including phenoxy) is 2. The number of rotatable bonds is 4. The molecule has 0 aromatic carbocycles. The maximum absolute atomic E-state index is 9.55. The number of allylic oxidation sites excluding steroid dienone is 1. The van der Waals surface area contributed by atoms with Crippen LogP contribution >= 0.6 is 0 Å². The molecule has 0 saturated carbocycles. The number of aliphatic hydroxyl groups excluding tert-OH is 1. The second-order valence-corrected chi connectivity index (χ2v) is 4.70. The molecule has 0 radical (unpaired) electrons. The first-order valence-electron chi connectivity index (χ1n) is 6.08. The Bertz CT molecular complexity index is 312. The second-order valence-electron chi connectivity index (χ2n) is 4.70. The molecule has 1 unspecified atom stereocenters. The van der Waals surface area contributed by atoms with E-state index in [1.54, 1.807) is 0 Å². The Morgan fingerprint density at radius 3 is 2.59 bits per heavy atom. The zero-order chi connectivity index (χ0) is 12.7. The fraction of sp³-hybridized carbons (Fsp3) is 0.714. The summed E-state index contributed by atoms with van der Waals surface area (Å²) >= 11 is 0. The van der Waals surface area contributed by atoms with Gasteiger partial charge in [0.2, 0.25) is 0 Å². The van der Waals surface area contributed by atoms with Crippen molar-refractivity contribution in [1.82, 2.24) is 0 Å². The first-order chi connectivity index (χ1) is 8.02. The first kappa shape index (κ1) is 14.2.